The molecule has 1 heteroatoms. The van der Waals surface area contributed by atoms with Gasteiger partial charge in [0.2, 0.25) is 0 Å². The van der Waals surface area contributed by atoms with Gasteiger partial charge in [-0.3, -0.25) is 0 Å². The van der Waals surface area contributed by atoms with E-state index >= 15 is 0 Å². The van der Waals surface area contributed by atoms with Crippen LogP contribution < -0.4 is 5.73 Å². The van der Waals surface area contributed by atoms with Crippen molar-refractivity contribution in [3.63, 3.8) is 0 Å². The minimum atomic E-state index is 0.472. The summed E-state index contributed by atoms with van der Waals surface area (Å²) in [6.45, 7) is 4.52. The summed E-state index contributed by atoms with van der Waals surface area (Å²) in [5, 5.41) is 0. The second-order valence-corrected chi connectivity index (χ2v) is 4.27. The Labute approximate surface area is 76.7 Å². The maximum atomic E-state index is 6.06. The minimum absolute atomic E-state index is 0.472. The third kappa shape index (κ3) is 2.48. The van der Waals surface area contributed by atoms with Gasteiger partial charge in [0.1, 0.15) is 0 Å². The summed E-state index contributed by atoms with van der Waals surface area (Å²) in [6.07, 6.45) is 8.14. The van der Waals surface area contributed by atoms with Gasteiger partial charge in [-0.15, -0.1) is 0 Å². The van der Waals surface area contributed by atoms with E-state index in [1.54, 1.807) is 0 Å². The third-order valence-electron chi connectivity index (χ3n) is 3.48. The van der Waals surface area contributed by atoms with Crippen molar-refractivity contribution >= 4 is 0 Å². The summed E-state index contributed by atoms with van der Waals surface area (Å²) < 4.78 is 0. The molecule has 1 aliphatic rings. The van der Waals surface area contributed by atoms with E-state index < -0.39 is 0 Å². The first kappa shape index (κ1) is 10.0. The molecule has 0 aromatic heterocycles. The molecule has 1 aliphatic carbocycles. The Kier molecular flexibility index (Phi) is 4.07. The molecule has 0 amide bonds. The molecule has 72 valence electrons. The quantitative estimate of drug-likeness (QED) is 0.690. The summed E-state index contributed by atoms with van der Waals surface area (Å²) in [5.74, 6) is 1.80. The van der Waals surface area contributed by atoms with Gasteiger partial charge >= 0.3 is 0 Å². The highest BCUT2D eigenvalue weighted by atomic mass is 14.6. The standard InChI is InChI=1S/C11H23N/c1-3-9-6-5-7-10(8-9)11(12)4-2/h9-11H,3-8,12H2,1-2H3/t9?,10?,11-/m1/s1. The van der Waals surface area contributed by atoms with E-state index in [-0.39, 0.29) is 0 Å². The van der Waals surface area contributed by atoms with E-state index in [1.807, 2.05) is 0 Å². The molecule has 1 rings (SSSR count). The van der Waals surface area contributed by atoms with E-state index in [1.165, 1.54) is 32.1 Å². The third-order valence-corrected chi connectivity index (χ3v) is 3.48. The summed E-state index contributed by atoms with van der Waals surface area (Å²) in [7, 11) is 0. The van der Waals surface area contributed by atoms with E-state index in [4.69, 9.17) is 5.73 Å². The predicted molar refractivity (Wildman–Crippen MR) is 54.0 cm³/mol. The fourth-order valence-electron chi connectivity index (χ4n) is 2.43. The van der Waals surface area contributed by atoms with Crippen LogP contribution >= 0.6 is 0 Å². The van der Waals surface area contributed by atoms with Crippen molar-refractivity contribution in [1.82, 2.24) is 0 Å². The minimum Gasteiger partial charge on any atom is -0.327 e. The first-order valence-electron chi connectivity index (χ1n) is 5.53. The number of hydrogen-bond donors (Lipinski definition) is 1. The average molecular weight is 169 g/mol. The molecule has 0 spiro atoms. The van der Waals surface area contributed by atoms with Crippen LogP contribution in [0.3, 0.4) is 0 Å². The van der Waals surface area contributed by atoms with E-state index in [0.717, 1.165) is 18.3 Å². The average Bonchev–Trinajstić information content (AvgIpc) is 2.17. The second kappa shape index (κ2) is 4.86. The smallest absolute Gasteiger partial charge is 0.00646 e. The van der Waals surface area contributed by atoms with Gasteiger partial charge < -0.3 is 5.73 Å². The van der Waals surface area contributed by atoms with Crippen LogP contribution in [0.15, 0.2) is 0 Å². The van der Waals surface area contributed by atoms with Gasteiger partial charge in [0.15, 0.2) is 0 Å². The molecule has 1 nitrogen and oxygen atoms in total. The van der Waals surface area contributed by atoms with Crippen LogP contribution in [-0.4, -0.2) is 6.04 Å². The van der Waals surface area contributed by atoms with Gasteiger partial charge in [-0.2, -0.15) is 0 Å². The fourth-order valence-corrected chi connectivity index (χ4v) is 2.43. The van der Waals surface area contributed by atoms with Crippen molar-refractivity contribution in [2.75, 3.05) is 0 Å². The molecule has 2 unspecified atom stereocenters. The zero-order valence-corrected chi connectivity index (χ0v) is 8.55. The summed E-state index contributed by atoms with van der Waals surface area (Å²) in [5.41, 5.74) is 6.06. The largest absolute Gasteiger partial charge is 0.327 e. The summed E-state index contributed by atoms with van der Waals surface area (Å²) in [4.78, 5) is 0. The van der Waals surface area contributed by atoms with Crippen LogP contribution in [0.4, 0.5) is 0 Å². The molecule has 1 saturated carbocycles. The van der Waals surface area contributed by atoms with Gasteiger partial charge in [-0.1, -0.05) is 33.1 Å². The van der Waals surface area contributed by atoms with Crippen molar-refractivity contribution in [3.8, 4) is 0 Å². The van der Waals surface area contributed by atoms with Crippen LogP contribution in [0.2, 0.25) is 0 Å². The Bertz CT molecular complexity index is 120. The lowest BCUT2D eigenvalue weighted by molar-refractivity contribution is 0.226. The molecule has 3 atom stereocenters. The van der Waals surface area contributed by atoms with Gasteiger partial charge in [0.05, 0.1) is 0 Å². The lowest BCUT2D eigenvalue weighted by Gasteiger charge is -2.31. The molecule has 12 heavy (non-hydrogen) atoms. The first-order valence-corrected chi connectivity index (χ1v) is 5.53. The molecule has 0 saturated heterocycles. The highest BCUT2D eigenvalue weighted by Crippen LogP contribution is 2.32. The molecule has 0 aromatic rings. The topological polar surface area (TPSA) is 26.0 Å². The molecule has 1 fully saturated rings. The molecular weight excluding hydrogens is 146 g/mol. The normalized spacial score (nSPS) is 33.2. The fraction of sp³-hybridized carbons (Fsp3) is 1.00. The van der Waals surface area contributed by atoms with Crippen LogP contribution in [0.25, 0.3) is 0 Å². The maximum Gasteiger partial charge on any atom is 0.00646 e. The van der Waals surface area contributed by atoms with E-state index in [2.05, 4.69) is 13.8 Å². The van der Waals surface area contributed by atoms with Gasteiger partial charge in [0.25, 0.3) is 0 Å². The van der Waals surface area contributed by atoms with Crippen molar-refractivity contribution in [2.24, 2.45) is 17.6 Å². The van der Waals surface area contributed by atoms with Crippen LogP contribution in [0.5, 0.6) is 0 Å². The van der Waals surface area contributed by atoms with Crippen LogP contribution in [0.1, 0.15) is 52.4 Å². The molecule has 0 bridgehead atoms. The van der Waals surface area contributed by atoms with E-state index in [0.29, 0.717) is 6.04 Å². The Morgan fingerprint density at radius 1 is 1.33 bits per heavy atom. The zero-order chi connectivity index (χ0) is 8.97. The number of nitrogens with two attached hydrogens (primary N) is 1. The molecule has 0 aliphatic heterocycles. The van der Waals surface area contributed by atoms with Crippen molar-refractivity contribution in [1.29, 1.82) is 0 Å². The lowest BCUT2D eigenvalue weighted by atomic mass is 9.76. The number of rotatable bonds is 3. The van der Waals surface area contributed by atoms with E-state index in [9.17, 15) is 0 Å². The summed E-state index contributed by atoms with van der Waals surface area (Å²) >= 11 is 0. The Morgan fingerprint density at radius 3 is 2.67 bits per heavy atom. The Hall–Kier alpha value is -0.0400. The Morgan fingerprint density at radius 2 is 2.08 bits per heavy atom. The summed E-state index contributed by atoms with van der Waals surface area (Å²) in [6, 6.07) is 0.472. The molecule has 0 radical (unpaired) electrons. The monoisotopic (exact) mass is 169 g/mol. The van der Waals surface area contributed by atoms with Crippen LogP contribution in [-0.2, 0) is 0 Å². The van der Waals surface area contributed by atoms with Gasteiger partial charge in [0, 0.05) is 6.04 Å². The maximum absolute atomic E-state index is 6.06. The second-order valence-electron chi connectivity index (χ2n) is 4.27. The zero-order valence-electron chi connectivity index (χ0n) is 8.55. The number of hydrogen-bond acceptors (Lipinski definition) is 1. The van der Waals surface area contributed by atoms with Gasteiger partial charge in [-0.05, 0) is 31.1 Å². The van der Waals surface area contributed by atoms with Crippen molar-refractivity contribution in [2.45, 2.75) is 58.4 Å². The SMILES string of the molecule is CCC1CCCC([C@H](N)CC)C1. The molecule has 2 N–H and O–H groups in total. The highest BCUT2D eigenvalue weighted by molar-refractivity contribution is 4.79. The Balaban J connectivity index is 2.34. The van der Waals surface area contributed by atoms with Crippen molar-refractivity contribution in [3.05, 3.63) is 0 Å². The predicted octanol–water partition coefficient (Wildman–Crippen LogP) is 2.94. The lowest BCUT2D eigenvalue weighted by Crippen LogP contribution is -2.33. The van der Waals surface area contributed by atoms with Crippen LogP contribution in [0, 0.1) is 11.8 Å². The highest BCUT2D eigenvalue weighted by Gasteiger charge is 2.24. The molecule has 0 aromatic carbocycles. The molecule has 0 heterocycles. The van der Waals surface area contributed by atoms with Gasteiger partial charge in [-0.25, -0.2) is 0 Å². The first-order chi connectivity index (χ1) is 5.77. The van der Waals surface area contributed by atoms with Crippen molar-refractivity contribution < 1.29 is 0 Å². The molecular formula is C11H23N.